The van der Waals surface area contributed by atoms with Gasteiger partial charge < -0.3 is 52.0 Å². The molecule has 134 valence electrons. The van der Waals surface area contributed by atoms with E-state index in [9.17, 15) is 0 Å². The van der Waals surface area contributed by atoms with Gasteiger partial charge in [0.15, 0.2) is 0 Å². The second-order valence-electron chi connectivity index (χ2n) is 1.82. The summed E-state index contributed by atoms with van der Waals surface area (Å²) in [5.74, 6) is 5.11. The van der Waals surface area contributed by atoms with Gasteiger partial charge in [0, 0.05) is 0 Å². The molecule has 0 saturated heterocycles. The molecule has 1 aromatic rings. The van der Waals surface area contributed by atoms with Gasteiger partial charge in [-0.1, -0.05) is 0 Å². The van der Waals surface area contributed by atoms with Gasteiger partial charge in [-0.05, 0) is 0 Å². The zero-order valence-corrected chi connectivity index (χ0v) is 19.8. The zero-order valence-electron chi connectivity index (χ0n) is 14.7. The SMILES string of the molecule is Cl.Cl.[C-]1=CC=CC1.[CH2]=[Zr].[CH3-].[CH3-].[CH3-].[CH3-].[CH3-].[CH3-].[CH3-].[c-]1ccc[pH]1. The van der Waals surface area contributed by atoms with E-state index in [1.54, 1.807) is 0 Å². The molecule has 0 N–H and O–H groups in total. The van der Waals surface area contributed by atoms with Crippen molar-refractivity contribution < 1.29 is 24.2 Å². The van der Waals surface area contributed by atoms with Crippen LogP contribution in [0, 0.1) is 63.9 Å². The Labute approximate surface area is 167 Å². The second-order valence-corrected chi connectivity index (χ2v) is 2.73. The standard InChI is InChI=1S/C5H5.C4H4P.7CH3.CH2.2ClH.Zr/c2*1-2-4-5-3-1;;;;;;;;;;;/h1-3H,4H2;1-3,5H;7*1H3;1H2;2*1H;/q9*-1;;;;. The fourth-order valence-corrected chi connectivity index (χ4v) is 1.06. The molecular weight excluding hydrogens is 397 g/mol. The van der Waals surface area contributed by atoms with Crippen LogP contribution in [-0.2, 0) is 24.2 Å². The zero-order chi connectivity index (χ0) is 9.07. The summed E-state index contributed by atoms with van der Waals surface area (Å²) in [6.45, 7) is 0. The van der Waals surface area contributed by atoms with E-state index in [1.807, 2.05) is 24.3 Å². The van der Waals surface area contributed by atoms with E-state index < -0.39 is 0 Å². The predicted octanol–water partition coefficient (Wildman–Crippen LogP) is 6.78. The Hall–Kier alpha value is 0.593. The van der Waals surface area contributed by atoms with E-state index in [1.165, 1.54) is 24.2 Å². The molecule has 0 radical (unpaired) electrons. The summed E-state index contributed by atoms with van der Waals surface area (Å²) < 4.78 is 3.34. The Morgan fingerprint density at radius 2 is 1.38 bits per heavy atom. The molecular formula is C17H34Cl2PZr-9. The molecule has 1 aliphatic carbocycles. The van der Waals surface area contributed by atoms with Crippen LogP contribution in [0.1, 0.15) is 6.42 Å². The third-order valence-corrected chi connectivity index (χ3v) is 1.72. The first-order valence-electron chi connectivity index (χ1n) is 3.56. The van der Waals surface area contributed by atoms with Gasteiger partial charge in [0.05, 0.1) is 0 Å². The van der Waals surface area contributed by atoms with Gasteiger partial charge in [0.25, 0.3) is 0 Å². The maximum atomic E-state index is 3.34. The van der Waals surface area contributed by atoms with Gasteiger partial charge in [-0.25, -0.2) is 18.2 Å². The largest absolute Gasteiger partial charge is 0.358 e. The summed E-state index contributed by atoms with van der Waals surface area (Å²) >= 11 is 1.30. The molecule has 21 heavy (non-hydrogen) atoms. The molecule has 1 unspecified atom stereocenters. The molecule has 1 atom stereocenters. The van der Waals surface area contributed by atoms with Crippen molar-refractivity contribution in [2.45, 2.75) is 6.42 Å². The minimum absolute atomic E-state index is 0. The van der Waals surface area contributed by atoms with Crippen LogP contribution in [-0.4, -0.2) is 4.21 Å². The van der Waals surface area contributed by atoms with E-state index in [-0.39, 0.29) is 76.8 Å². The molecule has 0 spiro atoms. The van der Waals surface area contributed by atoms with Crippen LogP contribution in [0.5, 0.6) is 0 Å². The van der Waals surface area contributed by atoms with Crippen molar-refractivity contribution in [1.29, 1.82) is 0 Å². The fraction of sp³-hybridized carbons (Fsp3) is 0.0588. The average Bonchev–Trinajstić information content (AvgIpc) is 2.87. The van der Waals surface area contributed by atoms with E-state index in [2.05, 4.69) is 28.0 Å². The summed E-state index contributed by atoms with van der Waals surface area (Å²) in [5, 5.41) is 0. The topological polar surface area (TPSA) is 0 Å². The maximum absolute atomic E-state index is 3.34. The normalized spacial score (nSPS) is 6.62. The van der Waals surface area contributed by atoms with Crippen molar-refractivity contribution in [3.63, 3.8) is 0 Å². The second kappa shape index (κ2) is 70.5. The van der Waals surface area contributed by atoms with Crippen molar-refractivity contribution in [2.24, 2.45) is 0 Å². The van der Waals surface area contributed by atoms with Gasteiger partial charge >= 0.3 is 28.4 Å². The van der Waals surface area contributed by atoms with Crippen LogP contribution >= 0.6 is 33.0 Å². The van der Waals surface area contributed by atoms with Crippen molar-refractivity contribution in [3.05, 3.63) is 100 Å². The van der Waals surface area contributed by atoms with Crippen molar-refractivity contribution in [1.82, 2.24) is 0 Å². The molecule has 0 aromatic carbocycles. The minimum atomic E-state index is 0. The molecule has 1 heterocycles. The van der Waals surface area contributed by atoms with Crippen molar-refractivity contribution >= 4 is 37.2 Å². The first-order valence-corrected chi connectivity index (χ1v) is 6.38. The Kier molecular flexibility index (Phi) is 229. The Morgan fingerprint density at radius 3 is 1.48 bits per heavy atom. The van der Waals surface area contributed by atoms with Crippen molar-refractivity contribution in [2.75, 3.05) is 0 Å². The van der Waals surface area contributed by atoms with E-state index in [0.29, 0.717) is 0 Å². The Bertz CT molecular complexity index is 195. The van der Waals surface area contributed by atoms with Gasteiger partial charge in [0.2, 0.25) is 0 Å². The Balaban J connectivity index is -0.00000000932. The first-order chi connectivity index (χ1) is 6.00. The molecule has 4 heteroatoms. The fourth-order valence-electron chi connectivity index (χ4n) is 0.581. The van der Waals surface area contributed by atoms with Crippen LogP contribution in [0.15, 0.2) is 36.2 Å². The summed E-state index contributed by atoms with van der Waals surface area (Å²) in [6, 6.07) is 3.96. The number of halogens is 2. The quantitative estimate of drug-likeness (QED) is 0.397. The van der Waals surface area contributed by atoms with E-state index in [4.69, 9.17) is 0 Å². The third kappa shape index (κ3) is 63.4. The van der Waals surface area contributed by atoms with Gasteiger partial charge in [0.1, 0.15) is 0 Å². The third-order valence-electron chi connectivity index (χ3n) is 1.03. The van der Waals surface area contributed by atoms with E-state index >= 15 is 0 Å². The number of allylic oxidation sites excluding steroid dienone is 4. The van der Waals surface area contributed by atoms with E-state index in [0.717, 1.165) is 14.6 Å². The monoisotopic (exact) mass is 429 g/mol. The number of hydrogen-bond donors (Lipinski definition) is 0. The molecule has 1 aromatic heterocycles. The van der Waals surface area contributed by atoms with Crippen molar-refractivity contribution in [3.8, 4) is 0 Å². The molecule has 0 fully saturated rings. The van der Waals surface area contributed by atoms with Crippen LogP contribution in [0.2, 0.25) is 0 Å². The summed E-state index contributed by atoms with van der Waals surface area (Å²) in [6.07, 6.45) is 10.0. The minimum Gasteiger partial charge on any atom is -0.358 e. The van der Waals surface area contributed by atoms with Crippen LogP contribution in [0.25, 0.3) is 0 Å². The average molecular weight is 432 g/mol. The van der Waals surface area contributed by atoms with Gasteiger partial charge in [-0.3, -0.25) is 14.3 Å². The summed E-state index contributed by atoms with van der Waals surface area (Å²) in [5.41, 5.74) is 0. The predicted molar refractivity (Wildman–Crippen MR) is 113 cm³/mol. The molecule has 1 aliphatic rings. The molecule has 2 rings (SSSR count). The van der Waals surface area contributed by atoms with Gasteiger partial charge in [-0.2, -0.15) is 23.7 Å². The molecule has 0 aliphatic heterocycles. The molecule has 0 bridgehead atoms. The smallest absolute Gasteiger partial charge is 0.163 e. The molecule has 0 amide bonds. The van der Waals surface area contributed by atoms with Crippen LogP contribution < -0.4 is 0 Å². The van der Waals surface area contributed by atoms with Crippen LogP contribution in [0.4, 0.5) is 0 Å². The molecule has 0 nitrogen and oxygen atoms in total. The first kappa shape index (κ1) is 68.1. The summed E-state index contributed by atoms with van der Waals surface area (Å²) in [4.78, 5) is 0. The number of rotatable bonds is 0. The summed E-state index contributed by atoms with van der Waals surface area (Å²) in [7, 11) is 0.823. The molecule has 0 saturated carbocycles. The number of hydrogen-bond acceptors (Lipinski definition) is 0. The van der Waals surface area contributed by atoms with Crippen LogP contribution in [0.3, 0.4) is 0 Å². The van der Waals surface area contributed by atoms with Gasteiger partial charge in [-0.15, -0.1) is 31.2 Å². The Morgan fingerprint density at radius 1 is 0.905 bits per heavy atom. The maximum Gasteiger partial charge on any atom is -0.163 e.